The highest BCUT2D eigenvalue weighted by atomic mass is 32.1. The number of thiazole rings is 2. The molecule has 6 heterocycles. The van der Waals surface area contributed by atoms with Crippen LogP contribution < -0.4 is 31.1 Å². The van der Waals surface area contributed by atoms with Gasteiger partial charge in [-0.05, 0) is 111 Å². The van der Waals surface area contributed by atoms with Gasteiger partial charge in [0, 0.05) is 68.2 Å². The fourth-order valence-corrected chi connectivity index (χ4v) is 8.58. The van der Waals surface area contributed by atoms with Crippen LogP contribution >= 0.6 is 22.7 Å². The van der Waals surface area contributed by atoms with Crippen molar-refractivity contribution in [2.45, 2.75) is 78.1 Å². The Morgan fingerprint density at radius 2 is 1.20 bits per heavy atom. The van der Waals surface area contributed by atoms with Crippen LogP contribution in [0.1, 0.15) is 71.1 Å². The van der Waals surface area contributed by atoms with Gasteiger partial charge in [0.2, 0.25) is 0 Å². The van der Waals surface area contributed by atoms with E-state index in [9.17, 15) is 9.59 Å². The summed E-state index contributed by atoms with van der Waals surface area (Å²) in [5.74, 6) is 1.48. The molecular weight excluding hydrogens is 789 g/mol. The van der Waals surface area contributed by atoms with Gasteiger partial charge in [0.1, 0.15) is 0 Å². The first-order valence-electron chi connectivity index (χ1n) is 20.0. The highest BCUT2D eigenvalue weighted by Gasteiger charge is 2.19. The molecule has 2 fully saturated rings. The van der Waals surface area contributed by atoms with Gasteiger partial charge in [0.25, 0.3) is 0 Å². The van der Waals surface area contributed by atoms with Gasteiger partial charge in [-0.25, -0.2) is 24.2 Å². The van der Waals surface area contributed by atoms with Crippen LogP contribution in [0.15, 0.2) is 48.8 Å². The number of H-pyrrole nitrogens is 1. The van der Waals surface area contributed by atoms with E-state index in [4.69, 9.17) is 0 Å². The van der Waals surface area contributed by atoms with Crippen LogP contribution in [-0.2, 0) is 32.7 Å². The van der Waals surface area contributed by atoms with Crippen molar-refractivity contribution in [1.82, 2.24) is 50.8 Å². The number of tetrazole rings is 2. The van der Waals surface area contributed by atoms with Gasteiger partial charge in [-0.2, -0.15) is 5.21 Å². The number of rotatable bonds is 12. The monoisotopic (exact) mass is 838 g/mol. The van der Waals surface area contributed by atoms with E-state index in [1.54, 1.807) is 17.1 Å². The third kappa shape index (κ3) is 11.8. The Bertz CT molecular complexity index is 2270. The van der Waals surface area contributed by atoms with Crippen LogP contribution in [0.5, 0.6) is 0 Å². The van der Waals surface area contributed by atoms with Crippen molar-refractivity contribution >= 4 is 67.7 Å². The van der Waals surface area contributed by atoms with Crippen molar-refractivity contribution in [3.05, 3.63) is 81.3 Å². The summed E-state index contributed by atoms with van der Waals surface area (Å²) in [6.07, 6.45) is 13.8. The number of urea groups is 2. The molecular formula is C39H50N16O2S2. The number of hydrogen-bond donors (Lipinski definition) is 5. The molecule has 6 aromatic rings. The van der Waals surface area contributed by atoms with Crippen molar-refractivity contribution in [3.8, 4) is 0 Å². The quantitative estimate of drug-likeness (QED) is 0.0863. The predicted molar refractivity (Wildman–Crippen MR) is 232 cm³/mol. The Morgan fingerprint density at radius 1 is 0.678 bits per heavy atom. The van der Waals surface area contributed by atoms with Crippen LogP contribution in [0, 0.1) is 13.8 Å². The average Bonchev–Trinajstić information content (AvgIpc) is 4.09. The minimum Gasteiger partial charge on any atom is -0.370 e. The van der Waals surface area contributed by atoms with Gasteiger partial charge >= 0.3 is 12.1 Å². The second kappa shape index (κ2) is 20.1. The maximum atomic E-state index is 12.6. The van der Waals surface area contributed by atoms with E-state index in [0.717, 1.165) is 83.8 Å². The van der Waals surface area contributed by atoms with Crippen LogP contribution in [0.3, 0.4) is 0 Å². The number of aromatic nitrogens is 10. The summed E-state index contributed by atoms with van der Waals surface area (Å²) in [4.78, 5) is 40.6. The number of piperidine rings is 2. The second-order valence-electron chi connectivity index (χ2n) is 14.6. The lowest BCUT2D eigenvalue weighted by atomic mass is 10.1. The zero-order valence-corrected chi connectivity index (χ0v) is 35.2. The third-order valence-electron chi connectivity index (χ3n) is 10.0. The number of hydrogen-bond acceptors (Lipinski definition) is 14. The SMILES string of the molecule is Cc1ccc(NC(=O)Nc2ncc(CCc3nn[nH]n3)s2)c(N2CCCCC2)c1.Cc1ccc(NC(=O)Nc2ncc(CCc3nnnn3C)s2)c(N2CCCCC2)c1. The molecule has 2 saturated heterocycles. The molecule has 59 heavy (non-hydrogen) atoms. The molecule has 4 aromatic heterocycles. The van der Waals surface area contributed by atoms with Crippen molar-refractivity contribution in [2.75, 3.05) is 57.2 Å². The number of anilines is 6. The molecule has 2 aromatic carbocycles. The summed E-state index contributed by atoms with van der Waals surface area (Å²) in [5.41, 5.74) is 6.18. The zero-order valence-electron chi connectivity index (χ0n) is 33.6. The largest absolute Gasteiger partial charge is 0.370 e. The molecule has 0 unspecified atom stereocenters. The van der Waals surface area contributed by atoms with Crippen molar-refractivity contribution in [2.24, 2.45) is 7.05 Å². The Morgan fingerprint density at radius 3 is 1.68 bits per heavy atom. The smallest absolute Gasteiger partial charge is 0.325 e. The number of amides is 4. The molecule has 20 heteroatoms. The van der Waals surface area contributed by atoms with E-state index >= 15 is 0 Å². The first kappa shape index (κ1) is 41.2. The lowest BCUT2D eigenvalue weighted by molar-refractivity contribution is 0.261. The summed E-state index contributed by atoms with van der Waals surface area (Å²) in [5, 5.41) is 38.2. The van der Waals surface area contributed by atoms with Crippen LogP contribution in [0.4, 0.5) is 42.6 Å². The fraction of sp³-hybridized carbons (Fsp3) is 0.436. The first-order valence-corrected chi connectivity index (χ1v) is 21.6. The number of carbonyl (C=O) groups is 2. The molecule has 310 valence electrons. The zero-order chi connectivity index (χ0) is 41.0. The van der Waals surface area contributed by atoms with Gasteiger partial charge in [-0.1, -0.05) is 17.3 Å². The van der Waals surface area contributed by atoms with E-state index in [0.29, 0.717) is 22.5 Å². The first-order chi connectivity index (χ1) is 28.8. The average molecular weight is 839 g/mol. The Kier molecular flexibility index (Phi) is 14.0. The number of aromatic amines is 1. The molecule has 0 radical (unpaired) electrons. The Hall–Kier alpha value is -6.02. The number of carbonyl (C=O) groups excluding carboxylic acids is 2. The summed E-state index contributed by atoms with van der Waals surface area (Å²) in [6.45, 7) is 8.24. The van der Waals surface area contributed by atoms with E-state index in [1.165, 1.54) is 72.3 Å². The molecule has 18 nitrogen and oxygen atoms in total. The summed E-state index contributed by atoms with van der Waals surface area (Å²) in [7, 11) is 1.82. The number of benzene rings is 2. The number of aryl methyl sites for hydroxylation is 7. The second-order valence-corrected chi connectivity index (χ2v) is 16.8. The van der Waals surface area contributed by atoms with Crippen molar-refractivity contribution < 1.29 is 9.59 Å². The van der Waals surface area contributed by atoms with E-state index in [1.807, 2.05) is 31.3 Å². The van der Waals surface area contributed by atoms with E-state index < -0.39 is 0 Å². The minimum absolute atomic E-state index is 0.282. The molecule has 2 aliphatic heterocycles. The Labute approximate surface area is 350 Å². The van der Waals surface area contributed by atoms with Crippen LogP contribution in [0.25, 0.3) is 0 Å². The lowest BCUT2D eigenvalue weighted by Crippen LogP contribution is -2.31. The molecule has 5 N–H and O–H groups in total. The lowest BCUT2D eigenvalue weighted by Gasteiger charge is -2.30. The van der Waals surface area contributed by atoms with Crippen molar-refractivity contribution in [3.63, 3.8) is 0 Å². The summed E-state index contributed by atoms with van der Waals surface area (Å²) in [6, 6.07) is 11.7. The topological polar surface area (TPSA) is 213 Å². The molecule has 0 bridgehead atoms. The summed E-state index contributed by atoms with van der Waals surface area (Å²) < 4.78 is 1.66. The maximum absolute atomic E-state index is 12.6. The molecule has 4 amide bonds. The maximum Gasteiger partial charge on any atom is 0.325 e. The Balaban J connectivity index is 0.000000179. The van der Waals surface area contributed by atoms with Crippen LogP contribution in [0.2, 0.25) is 0 Å². The minimum atomic E-state index is -0.286. The molecule has 8 rings (SSSR count). The van der Waals surface area contributed by atoms with Gasteiger partial charge < -0.3 is 20.4 Å². The van der Waals surface area contributed by atoms with Crippen LogP contribution in [-0.4, -0.2) is 89.0 Å². The predicted octanol–water partition coefficient (Wildman–Crippen LogP) is 6.78. The fourth-order valence-electron chi connectivity index (χ4n) is 6.97. The molecule has 2 aliphatic rings. The van der Waals surface area contributed by atoms with Gasteiger partial charge in [0.15, 0.2) is 21.9 Å². The third-order valence-corrected chi connectivity index (χ3v) is 12.0. The standard InChI is InChI=1S/C20H26N8OS.C19H24N8OS/c1-14-6-8-16(17(12-14)28-10-4-3-5-11-28)22-19(29)23-20-21-13-15(30-20)7-9-18-24-25-26-27(18)2;1-13-5-7-15(16(11-13)27-9-3-2-4-10-27)21-18(28)22-19-20-12-14(29-19)6-8-17-23-25-26-24-17/h6,8,12-13H,3-5,7,9-11H2,1-2H3,(H2,21,22,23,29);5,7,11-12H,2-4,6,8-10H2,1H3,(H2,20,21,22,28)(H,23,24,25,26). The van der Waals surface area contributed by atoms with E-state index in [2.05, 4.69) is 103 Å². The van der Waals surface area contributed by atoms with E-state index in [-0.39, 0.29) is 12.1 Å². The number of nitrogens with one attached hydrogen (secondary N) is 5. The highest BCUT2D eigenvalue weighted by Crippen LogP contribution is 2.32. The number of nitrogens with zero attached hydrogens (tertiary/aromatic N) is 11. The normalized spacial score (nSPS) is 14.0. The van der Waals surface area contributed by atoms with Gasteiger partial charge in [0.05, 0.1) is 22.7 Å². The van der Waals surface area contributed by atoms with Gasteiger partial charge in [-0.3, -0.25) is 10.6 Å². The molecule has 0 aliphatic carbocycles. The van der Waals surface area contributed by atoms with Crippen molar-refractivity contribution in [1.29, 1.82) is 0 Å². The molecule has 0 spiro atoms. The molecule has 0 saturated carbocycles. The van der Waals surface area contributed by atoms with Gasteiger partial charge in [-0.15, -0.1) is 38.0 Å². The highest BCUT2D eigenvalue weighted by molar-refractivity contribution is 7.16. The molecule has 0 atom stereocenters. The summed E-state index contributed by atoms with van der Waals surface area (Å²) >= 11 is 2.91.